The van der Waals surface area contributed by atoms with E-state index in [0.717, 1.165) is 36.3 Å². The lowest BCUT2D eigenvalue weighted by atomic mass is 9.96. The number of fused-ring (bicyclic) bond motifs is 1. The van der Waals surface area contributed by atoms with Crippen molar-refractivity contribution in [1.82, 2.24) is 15.3 Å². The van der Waals surface area contributed by atoms with Gasteiger partial charge in [0, 0.05) is 12.2 Å². The second-order valence-electron chi connectivity index (χ2n) is 8.01. The number of rotatable bonds is 5. The average Bonchev–Trinajstić information content (AvgIpc) is 3.50. The number of carbonyl (C=O) groups excluding carboxylic acids is 1. The van der Waals surface area contributed by atoms with Gasteiger partial charge in [-0.25, -0.2) is 14.8 Å². The van der Waals surface area contributed by atoms with Gasteiger partial charge in [-0.1, -0.05) is 25.3 Å². The molecule has 1 saturated carbocycles. The van der Waals surface area contributed by atoms with Crippen LogP contribution >= 0.6 is 11.3 Å². The van der Waals surface area contributed by atoms with Crippen LogP contribution in [0.2, 0.25) is 0 Å². The maximum absolute atomic E-state index is 12.3. The summed E-state index contributed by atoms with van der Waals surface area (Å²) < 4.78 is 17.5. The number of aromatic nitrogens is 2. The predicted octanol–water partition coefficient (Wildman–Crippen LogP) is 3.21. The van der Waals surface area contributed by atoms with E-state index < -0.39 is 6.10 Å². The van der Waals surface area contributed by atoms with Crippen LogP contribution in [0.5, 0.6) is 0 Å². The van der Waals surface area contributed by atoms with Crippen molar-refractivity contribution in [3.63, 3.8) is 0 Å². The molecule has 2 saturated heterocycles. The van der Waals surface area contributed by atoms with Crippen molar-refractivity contribution in [2.24, 2.45) is 0 Å². The quantitative estimate of drug-likeness (QED) is 0.752. The molecule has 1 amide bonds. The van der Waals surface area contributed by atoms with Crippen molar-refractivity contribution in [3.05, 3.63) is 29.8 Å². The normalized spacial score (nSPS) is 28.8. The number of thiophene rings is 1. The number of nitrogens with zero attached hydrogens (tertiary/aromatic N) is 2. The van der Waals surface area contributed by atoms with E-state index in [0.29, 0.717) is 19.2 Å². The Morgan fingerprint density at radius 2 is 2.00 bits per heavy atom. The highest BCUT2D eigenvalue weighted by atomic mass is 32.1. The molecule has 9 heteroatoms. The van der Waals surface area contributed by atoms with Crippen molar-refractivity contribution in [3.8, 4) is 10.6 Å². The second-order valence-corrected chi connectivity index (χ2v) is 8.96. The van der Waals surface area contributed by atoms with Crippen LogP contribution in [-0.4, -0.2) is 59.7 Å². The van der Waals surface area contributed by atoms with E-state index in [-0.39, 0.29) is 30.4 Å². The maximum atomic E-state index is 12.3. The summed E-state index contributed by atoms with van der Waals surface area (Å²) in [5.74, 6) is 0.540. The third-order valence-electron chi connectivity index (χ3n) is 5.94. The van der Waals surface area contributed by atoms with Crippen molar-refractivity contribution in [2.75, 3.05) is 18.5 Å². The van der Waals surface area contributed by atoms with Gasteiger partial charge < -0.3 is 24.8 Å². The first kappa shape index (κ1) is 19.7. The van der Waals surface area contributed by atoms with Crippen LogP contribution in [-0.2, 0) is 14.2 Å². The summed E-state index contributed by atoms with van der Waals surface area (Å²) in [7, 11) is 0. The van der Waals surface area contributed by atoms with Crippen molar-refractivity contribution in [2.45, 2.75) is 62.5 Å². The summed E-state index contributed by atoms with van der Waals surface area (Å²) >= 11 is 1.64. The van der Waals surface area contributed by atoms with Gasteiger partial charge in [-0.15, -0.1) is 11.3 Å². The first-order valence-corrected chi connectivity index (χ1v) is 11.5. The first-order chi connectivity index (χ1) is 14.8. The van der Waals surface area contributed by atoms with Crippen LogP contribution in [0.15, 0.2) is 29.8 Å². The minimum atomic E-state index is -0.399. The number of anilines is 1. The number of alkyl carbamates (subject to hydrolysis) is 1. The largest absolute Gasteiger partial charge is 0.441 e. The number of carbonyl (C=O) groups is 1. The number of hydrogen-bond acceptors (Lipinski definition) is 8. The maximum Gasteiger partial charge on any atom is 0.407 e. The Balaban J connectivity index is 1.17. The molecule has 3 aliphatic rings. The minimum Gasteiger partial charge on any atom is -0.441 e. The van der Waals surface area contributed by atoms with Crippen molar-refractivity contribution in [1.29, 1.82) is 0 Å². The summed E-state index contributed by atoms with van der Waals surface area (Å²) in [4.78, 5) is 22.3. The summed E-state index contributed by atoms with van der Waals surface area (Å²) in [6.07, 6.45) is 6.11. The molecule has 160 valence electrons. The van der Waals surface area contributed by atoms with E-state index in [1.165, 1.54) is 6.42 Å². The van der Waals surface area contributed by atoms with Gasteiger partial charge in [0.15, 0.2) is 6.10 Å². The molecule has 0 unspecified atom stereocenters. The molecule has 2 N–H and O–H groups in total. The molecule has 30 heavy (non-hydrogen) atoms. The topological polar surface area (TPSA) is 94.6 Å². The Bertz CT molecular complexity index is 858. The summed E-state index contributed by atoms with van der Waals surface area (Å²) in [5.41, 5.74) is 0.880. The van der Waals surface area contributed by atoms with Crippen LogP contribution in [0, 0.1) is 0 Å². The number of amides is 1. The highest BCUT2D eigenvalue weighted by molar-refractivity contribution is 7.13. The van der Waals surface area contributed by atoms with Crippen molar-refractivity contribution < 1.29 is 19.0 Å². The zero-order chi connectivity index (χ0) is 20.3. The van der Waals surface area contributed by atoms with Crippen LogP contribution in [0.1, 0.15) is 32.1 Å². The number of nitrogens with one attached hydrogen (secondary N) is 2. The number of ether oxygens (including phenoxy) is 3. The van der Waals surface area contributed by atoms with Gasteiger partial charge in [0.1, 0.15) is 12.2 Å². The Morgan fingerprint density at radius 3 is 2.83 bits per heavy atom. The lowest BCUT2D eigenvalue weighted by molar-refractivity contribution is 0.00314. The SMILES string of the molecule is O=C(NC1CCCCC1)O[C@@H]1CO[C@H]2[C@@H]1OC[C@@H]2Nc1nccc(-c2cccs2)n1. The van der Waals surface area contributed by atoms with Gasteiger partial charge in [-0.05, 0) is 30.4 Å². The fourth-order valence-electron chi connectivity index (χ4n) is 4.43. The smallest absolute Gasteiger partial charge is 0.407 e. The lowest BCUT2D eigenvalue weighted by Gasteiger charge is -2.24. The van der Waals surface area contributed by atoms with Gasteiger partial charge in [-0.3, -0.25) is 0 Å². The lowest BCUT2D eigenvalue weighted by Crippen LogP contribution is -2.42. The average molecular weight is 431 g/mol. The van der Waals surface area contributed by atoms with Crippen LogP contribution in [0.4, 0.5) is 10.7 Å². The van der Waals surface area contributed by atoms with Crippen LogP contribution in [0.25, 0.3) is 10.6 Å². The molecule has 5 rings (SSSR count). The van der Waals surface area contributed by atoms with E-state index in [1.807, 2.05) is 23.6 Å². The number of hydrogen-bond donors (Lipinski definition) is 2. The molecule has 0 radical (unpaired) electrons. The molecule has 3 fully saturated rings. The third kappa shape index (κ3) is 4.28. The summed E-state index contributed by atoms with van der Waals surface area (Å²) in [6, 6.07) is 6.05. The molecule has 2 aromatic heterocycles. The van der Waals surface area contributed by atoms with Gasteiger partial charge in [0.05, 0.1) is 29.8 Å². The Hall–Kier alpha value is -2.23. The fourth-order valence-corrected chi connectivity index (χ4v) is 5.12. The monoisotopic (exact) mass is 430 g/mol. The van der Waals surface area contributed by atoms with Crippen LogP contribution < -0.4 is 10.6 Å². The highest BCUT2D eigenvalue weighted by Gasteiger charge is 2.49. The molecule has 2 aliphatic heterocycles. The molecule has 8 nitrogen and oxygen atoms in total. The van der Waals surface area contributed by atoms with Crippen molar-refractivity contribution >= 4 is 23.4 Å². The molecule has 4 heterocycles. The van der Waals surface area contributed by atoms with Gasteiger partial charge >= 0.3 is 6.09 Å². The minimum absolute atomic E-state index is 0.0939. The highest BCUT2D eigenvalue weighted by Crippen LogP contribution is 2.31. The molecular weight excluding hydrogens is 404 g/mol. The molecule has 2 aromatic rings. The Morgan fingerprint density at radius 1 is 1.13 bits per heavy atom. The molecular formula is C21H26N4O4S. The molecule has 0 bridgehead atoms. The van der Waals surface area contributed by atoms with E-state index in [4.69, 9.17) is 14.2 Å². The molecule has 0 aromatic carbocycles. The first-order valence-electron chi connectivity index (χ1n) is 10.6. The summed E-state index contributed by atoms with van der Waals surface area (Å²) in [5, 5.41) is 8.34. The van der Waals surface area contributed by atoms with Gasteiger partial charge in [0.2, 0.25) is 5.95 Å². The van der Waals surface area contributed by atoms with Crippen LogP contribution in [0.3, 0.4) is 0 Å². The van der Waals surface area contributed by atoms with Gasteiger partial charge in [0.25, 0.3) is 0 Å². The Kier molecular flexibility index (Phi) is 5.83. The standard InChI is InChI=1S/C21H26N4O4S/c26-21(23-13-5-2-1-3-6-13)29-16-12-28-18-15(11-27-19(16)18)25-20-22-9-8-14(24-20)17-7-4-10-30-17/h4,7-10,13,15-16,18-19H,1-3,5-6,11-12H2,(H,23,26)(H,22,24,25)/t15-,16+,18+,19+/m0/s1. The predicted molar refractivity (Wildman–Crippen MR) is 113 cm³/mol. The van der Waals surface area contributed by atoms with E-state index >= 15 is 0 Å². The Labute approximate surface area is 179 Å². The van der Waals surface area contributed by atoms with Gasteiger partial charge in [-0.2, -0.15) is 0 Å². The molecule has 4 atom stereocenters. The zero-order valence-electron chi connectivity index (χ0n) is 16.7. The van der Waals surface area contributed by atoms with E-state index in [2.05, 4.69) is 20.6 Å². The van der Waals surface area contributed by atoms with E-state index in [9.17, 15) is 4.79 Å². The molecule has 0 spiro atoms. The van der Waals surface area contributed by atoms with E-state index in [1.54, 1.807) is 17.5 Å². The molecule has 1 aliphatic carbocycles. The second kappa shape index (κ2) is 8.87. The zero-order valence-corrected chi connectivity index (χ0v) is 17.5. The fraction of sp³-hybridized carbons (Fsp3) is 0.571. The summed E-state index contributed by atoms with van der Waals surface area (Å²) in [6.45, 7) is 0.785. The third-order valence-corrected chi connectivity index (χ3v) is 6.83.